The number of amides is 1. The summed E-state index contributed by atoms with van der Waals surface area (Å²) in [7, 11) is 0. The third-order valence-electron chi connectivity index (χ3n) is 4.30. The van der Waals surface area contributed by atoms with Gasteiger partial charge in [0.05, 0.1) is 10.9 Å². The van der Waals surface area contributed by atoms with Crippen molar-refractivity contribution in [3.05, 3.63) is 42.5 Å². The van der Waals surface area contributed by atoms with E-state index in [1.165, 1.54) is 43.2 Å². The smallest absolute Gasteiger partial charge is 0.233 e. The highest BCUT2D eigenvalue weighted by atomic mass is 32.2. The Morgan fingerprint density at radius 3 is 2.92 bits per heavy atom. The van der Waals surface area contributed by atoms with Crippen LogP contribution in [0.1, 0.15) is 39.0 Å². The quantitative estimate of drug-likeness (QED) is 0.834. The third kappa shape index (κ3) is 4.17. The molecule has 1 aromatic heterocycles. The molecule has 0 saturated heterocycles. The lowest BCUT2D eigenvalue weighted by Crippen LogP contribution is -2.40. The van der Waals surface area contributed by atoms with Crippen molar-refractivity contribution in [2.75, 3.05) is 0 Å². The molecule has 24 heavy (non-hydrogen) atoms. The minimum Gasteiger partial charge on any atom is -0.352 e. The molecule has 128 valence electrons. The second-order valence-corrected chi connectivity index (χ2v) is 7.47. The van der Waals surface area contributed by atoms with E-state index in [-0.39, 0.29) is 17.0 Å². The normalized spacial score (nSPS) is 16.8. The average Bonchev–Trinajstić information content (AvgIpc) is 3.04. The molecule has 1 amide bonds. The van der Waals surface area contributed by atoms with E-state index in [9.17, 15) is 9.18 Å². The summed E-state index contributed by atoms with van der Waals surface area (Å²) in [5.74, 6) is -0.249. The zero-order valence-electron chi connectivity index (χ0n) is 13.7. The molecule has 1 saturated carbocycles. The van der Waals surface area contributed by atoms with Gasteiger partial charge in [-0.3, -0.25) is 9.36 Å². The largest absolute Gasteiger partial charge is 0.352 e. The SMILES string of the molecule is CC(Sc1nccn1-c1cccc(F)c1)C(=O)NC1CCCCC1. The van der Waals surface area contributed by atoms with Gasteiger partial charge in [0.25, 0.3) is 0 Å². The molecule has 1 heterocycles. The second kappa shape index (κ2) is 7.83. The Balaban J connectivity index is 1.65. The first-order valence-corrected chi connectivity index (χ1v) is 9.28. The van der Waals surface area contributed by atoms with Crippen LogP contribution in [0.25, 0.3) is 5.69 Å². The molecule has 1 N–H and O–H groups in total. The maximum atomic E-state index is 13.4. The predicted octanol–water partition coefficient (Wildman–Crippen LogP) is 3.94. The van der Waals surface area contributed by atoms with E-state index in [0.717, 1.165) is 12.8 Å². The van der Waals surface area contributed by atoms with E-state index < -0.39 is 0 Å². The summed E-state index contributed by atoms with van der Waals surface area (Å²) in [6.45, 7) is 1.88. The third-order valence-corrected chi connectivity index (χ3v) is 5.38. The minimum absolute atomic E-state index is 0.0423. The maximum absolute atomic E-state index is 13.4. The predicted molar refractivity (Wildman–Crippen MR) is 93.9 cm³/mol. The highest BCUT2D eigenvalue weighted by molar-refractivity contribution is 8.00. The van der Waals surface area contributed by atoms with Gasteiger partial charge in [0.1, 0.15) is 5.82 Å². The number of rotatable bonds is 5. The van der Waals surface area contributed by atoms with Gasteiger partial charge < -0.3 is 5.32 Å². The average molecular weight is 347 g/mol. The van der Waals surface area contributed by atoms with Crippen molar-refractivity contribution < 1.29 is 9.18 Å². The fraction of sp³-hybridized carbons (Fsp3) is 0.444. The molecule has 4 nitrogen and oxygen atoms in total. The molecule has 6 heteroatoms. The maximum Gasteiger partial charge on any atom is 0.233 e. The Morgan fingerprint density at radius 2 is 2.17 bits per heavy atom. The second-order valence-electron chi connectivity index (χ2n) is 6.16. The van der Waals surface area contributed by atoms with Gasteiger partial charge in [-0.25, -0.2) is 9.37 Å². The van der Waals surface area contributed by atoms with Crippen molar-refractivity contribution >= 4 is 17.7 Å². The van der Waals surface area contributed by atoms with Gasteiger partial charge in [0.15, 0.2) is 5.16 Å². The molecule has 1 aromatic carbocycles. The Labute approximate surface area is 145 Å². The summed E-state index contributed by atoms with van der Waals surface area (Å²) in [5.41, 5.74) is 0.704. The van der Waals surface area contributed by atoms with E-state index >= 15 is 0 Å². The van der Waals surface area contributed by atoms with Crippen molar-refractivity contribution in [3.63, 3.8) is 0 Å². The zero-order valence-corrected chi connectivity index (χ0v) is 14.6. The van der Waals surface area contributed by atoms with Crippen LogP contribution in [0, 0.1) is 5.82 Å². The topological polar surface area (TPSA) is 46.9 Å². The van der Waals surface area contributed by atoms with Crippen LogP contribution >= 0.6 is 11.8 Å². The Morgan fingerprint density at radius 1 is 1.38 bits per heavy atom. The zero-order chi connectivity index (χ0) is 16.9. The molecule has 1 fully saturated rings. The van der Waals surface area contributed by atoms with Crippen LogP contribution in [0.5, 0.6) is 0 Å². The van der Waals surface area contributed by atoms with Gasteiger partial charge in [-0.05, 0) is 38.0 Å². The molecule has 1 atom stereocenters. The number of hydrogen-bond donors (Lipinski definition) is 1. The van der Waals surface area contributed by atoms with Crippen LogP contribution in [0.3, 0.4) is 0 Å². The van der Waals surface area contributed by atoms with E-state index in [1.54, 1.807) is 23.0 Å². The van der Waals surface area contributed by atoms with Crippen LogP contribution in [-0.4, -0.2) is 26.8 Å². The lowest BCUT2D eigenvalue weighted by molar-refractivity contribution is -0.121. The Kier molecular flexibility index (Phi) is 5.56. The molecular formula is C18H22FN3OS. The summed E-state index contributed by atoms with van der Waals surface area (Å²) in [6, 6.07) is 6.66. The molecule has 2 aromatic rings. The number of halogens is 1. The van der Waals surface area contributed by atoms with Crippen LogP contribution < -0.4 is 5.32 Å². The highest BCUT2D eigenvalue weighted by Crippen LogP contribution is 2.25. The van der Waals surface area contributed by atoms with Gasteiger partial charge in [-0.1, -0.05) is 37.1 Å². The van der Waals surface area contributed by atoms with Crippen LogP contribution in [0.4, 0.5) is 4.39 Å². The number of nitrogens with zero attached hydrogens (tertiary/aromatic N) is 2. The van der Waals surface area contributed by atoms with Gasteiger partial charge in [0, 0.05) is 18.4 Å². The standard InChI is InChI=1S/C18H22FN3OS/c1-13(17(23)21-15-7-3-2-4-8-15)24-18-20-10-11-22(18)16-9-5-6-14(19)12-16/h5-6,9-13,15H,2-4,7-8H2,1H3,(H,21,23). The fourth-order valence-corrected chi connectivity index (χ4v) is 3.87. The fourth-order valence-electron chi connectivity index (χ4n) is 2.98. The summed E-state index contributed by atoms with van der Waals surface area (Å²) in [5, 5.41) is 3.58. The molecule has 0 aliphatic heterocycles. The minimum atomic E-state index is -0.291. The summed E-state index contributed by atoms with van der Waals surface area (Å²) < 4.78 is 15.2. The number of nitrogens with one attached hydrogen (secondary N) is 1. The van der Waals surface area contributed by atoms with E-state index in [4.69, 9.17) is 0 Å². The van der Waals surface area contributed by atoms with E-state index in [1.807, 2.05) is 13.0 Å². The van der Waals surface area contributed by atoms with Gasteiger partial charge in [-0.2, -0.15) is 0 Å². The molecule has 0 bridgehead atoms. The number of aromatic nitrogens is 2. The molecule has 0 radical (unpaired) electrons. The molecule has 1 unspecified atom stereocenters. The van der Waals surface area contributed by atoms with Crippen molar-refractivity contribution in [1.29, 1.82) is 0 Å². The van der Waals surface area contributed by atoms with Gasteiger partial charge in [0.2, 0.25) is 5.91 Å². The lowest BCUT2D eigenvalue weighted by Gasteiger charge is -2.24. The molecule has 1 aliphatic carbocycles. The van der Waals surface area contributed by atoms with Gasteiger partial charge in [-0.15, -0.1) is 0 Å². The first kappa shape index (κ1) is 17.0. The number of carbonyl (C=O) groups excluding carboxylic acids is 1. The lowest BCUT2D eigenvalue weighted by atomic mass is 9.95. The number of thioether (sulfide) groups is 1. The number of hydrogen-bond acceptors (Lipinski definition) is 3. The monoisotopic (exact) mass is 347 g/mol. The summed E-state index contributed by atoms with van der Waals surface area (Å²) >= 11 is 1.39. The highest BCUT2D eigenvalue weighted by Gasteiger charge is 2.22. The van der Waals surface area contributed by atoms with Crippen LogP contribution in [0.15, 0.2) is 41.8 Å². The Hall–Kier alpha value is -1.82. The van der Waals surface area contributed by atoms with Crippen LogP contribution in [0.2, 0.25) is 0 Å². The molecule has 1 aliphatic rings. The van der Waals surface area contributed by atoms with Gasteiger partial charge >= 0.3 is 0 Å². The molecule has 0 spiro atoms. The summed E-state index contributed by atoms with van der Waals surface area (Å²) in [6.07, 6.45) is 9.23. The first-order chi connectivity index (χ1) is 11.6. The van der Waals surface area contributed by atoms with Crippen molar-refractivity contribution in [1.82, 2.24) is 14.9 Å². The van der Waals surface area contributed by atoms with Crippen molar-refractivity contribution in [3.8, 4) is 5.69 Å². The van der Waals surface area contributed by atoms with E-state index in [2.05, 4.69) is 10.3 Å². The first-order valence-electron chi connectivity index (χ1n) is 8.40. The van der Waals surface area contributed by atoms with E-state index in [0.29, 0.717) is 16.9 Å². The number of imidazole rings is 1. The number of carbonyl (C=O) groups is 1. The molecule has 3 rings (SSSR count). The van der Waals surface area contributed by atoms with Crippen LogP contribution in [-0.2, 0) is 4.79 Å². The number of benzene rings is 1. The van der Waals surface area contributed by atoms with Crippen molar-refractivity contribution in [2.24, 2.45) is 0 Å². The van der Waals surface area contributed by atoms with Crippen molar-refractivity contribution in [2.45, 2.75) is 55.5 Å². The summed E-state index contributed by atoms with van der Waals surface area (Å²) in [4.78, 5) is 16.7. The Bertz CT molecular complexity index is 697. The molecular weight excluding hydrogens is 325 g/mol.